The lowest BCUT2D eigenvalue weighted by Gasteiger charge is -2.10. The molecular formula is C20H16FN3O4S2. The number of thiophene rings is 1. The Labute approximate surface area is 180 Å². The first-order chi connectivity index (χ1) is 14.4. The van der Waals surface area contributed by atoms with Gasteiger partial charge in [0.15, 0.2) is 5.11 Å². The number of halogens is 1. The Morgan fingerprint density at radius 2 is 1.93 bits per heavy atom. The predicted molar refractivity (Wildman–Crippen MR) is 118 cm³/mol. The molecule has 0 amide bonds. The number of nitrogens with zero attached hydrogens (tertiary/aromatic N) is 1. The first kappa shape index (κ1) is 21.3. The quantitative estimate of drug-likeness (QED) is 0.239. The van der Waals surface area contributed by atoms with Crippen molar-refractivity contribution in [1.29, 1.82) is 0 Å². The van der Waals surface area contributed by atoms with Crippen LogP contribution in [0.1, 0.15) is 20.8 Å². The van der Waals surface area contributed by atoms with Crippen molar-refractivity contribution < 1.29 is 18.8 Å². The maximum Gasteiger partial charge on any atom is 0.340 e. The first-order valence-corrected chi connectivity index (χ1v) is 9.86. The Morgan fingerprint density at radius 1 is 1.20 bits per heavy atom. The molecule has 0 unspecified atom stereocenters. The van der Waals surface area contributed by atoms with Crippen LogP contribution in [0, 0.1) is 15.9 Å². The van der Waals surface area contributed by atoms with Gasteiger partial charge in [-0.25, -0.2) is 9.18 Å². The molecule has 1 aromatic heterocycles. The monoisotopic (exact) mass is 445 g/mol. The second kappa shape index (κ2) is 9.42. The van der Waals surface area contributed by atoms with Crippen LogP contribution in [-0.4, -0.2) is 23.1 Å². The van der Waals surface area contributed by atoms with E-state index in [1.54, 1.807) is 6.07 Å². The van der Waals surface area contributed by atoms with E-state index in [2.05, 4.69) is 10.6 Å². The van der Waals surface area contributed by atoms with Gasteiger partial charge in [0.2, 0.25) is 0 Å². The van der Waals surface area contributed by atoms with Gasteiger partial charge < -0.3 is 15.4 Å². The summed E-state index contributed by atoms with van der Waals surface area (Å²) in [5.41, 5.74) is 0.943. The van der Waals surface area contributed by atoms with Crippen LogP contribution >= 0.6 is 23.6 Å². The van der Waals surface area contributed by atoms with Gasteiger partial charge in [0.25, 0.3) is 5.69 Å². The van der Waals surface area contributed by atoms with E-state index in [1.165, 1.54) is 24.5 Å². The number of nitro benzene ring substituents is 1. The Hall–Kier alpha value is -3.37. The number of anilines is 2. The fourth-order valence-corrected chi connectivity index (χ4v) is 4.06. The molecular weight excluding hydrogens is 429 g/mol. The van der Waals surface area contributed by atoms with Crippen LogP contribution < -0.4 is 10.6 Å². The minimum atomic E-state index is -0.733. The highest BCUT2D eigenvalue weighted by molar-refractivity contribution is 7.80. The molecule has 10 heteroatoms. The normalized spacial score (nSPS) is 10.3. The minimum Gasteiger partial charge on any atom is -0.465 e. The largest absolute Gasteiger partial charge is 0.465 e. The van der Waals surface area contributed by atoms with Crippen LogP contribution in [0.4, 0.5) is 20.8 Å². The number of hydrogen-bond acceptors (Lipinski definition) is 6. The van der Waals surface area contributed by atoms with Crippen LogP contribution in [0.5, 0.6) is 0 Å². The van der Waals surface area contributed by atoms with Crippen molar-refractivity contribution in [3.8, 4) is 0 Å². The molecule has 154 valence electrons. The molecule has 0 saturated heterocycles. The van der Waals surface area contributed by atoms with Gasteiger partial charge in [-0.3, -0.25) is 10.1 Å². The summed E-state index contributed by atoms with van der Waals surface area (Å²) in [6, 6.07) is 14.6. The molecule has 0 spiro atoms. The molecule has 0 radical (unpaired) electrons. The smallest absolute Gasteiger partial charge is 0.340 e. The van der Waals surface area contributed by atoms with Crippen LogP contribution in [0.3, 0.4) is 0 Å². The van der Waals surface area contributed by atoms with Gasteiger partial charge in [0, 0.05) is 11.3 Å². The lowest BCUT2D eigenvalue weighted by atomic mass is 10.1. The van der Waals surface area contributed by atoms with E-state index >= 15 is 0 Å². The number of methoxy groups -OCH3 is 1. The molecule has 3 rings (SSSR count). The molecule has 2 N–H and O–H groups in total. The Kier molecular flexibility index (Phi) is 6.70. The summed E-state index contributed by atoms with van der Waals surface area (Å²) in [6.45, 7) is 0. The molecule has 30 heavy (non-hydrogen) atoms. The van der Waals surface area contributed by atoms with E-state index < -0.39 is 22.4 Å². The Morgan fingerprint density at radius 3 is 2.60 bits per heavy atom. The zero-order valence-electron chi connectivity index (χ0n) is 15.7. The van der Waals surface area contributed by atoms with Crippen LogP contribution in [0.25, 0.3) is 0 Å². The van der Waals surface area contributed by atoms with Gasteiger partial charge in [-0.2, -0.15) is 0 Å². The van der Waals surface area contributed by atoms with Crippen molar-refractivity contribution in [2.24, 2.45) is 0 Å². The van der Waals surface area contributed by atoms with Crippen molar-refractivity contribution in [2.45, 2.75) is 6.42 Å². The summed E-state index contributed by atoms with van der Waals surface area (Å²) >= 11 is 6.55. The Bertz CT molecular complexity index is 1100. The van der Waals surface area contributed by atoms with Crippen molar-refractivity contribution in [1.82, 2.24) is 0 Å². The number of benzene rings is 2. The van der Waals surface area contributed by atoms with Crippen LogP contribution in [0.15, 0.2) is 54.6 Å². The van der Waals surface area contributed by atoms with E-state index in [-0.39, 0.29) is 10.8 Å². The fourth-order valence-electron chi connectivity index (χ4n) is 2.70. The fraction of sp³-hybridized carbons (Fsp3) is 0.100. The number of esters is 1. The van der Waals surface area contributed by atoms with E-state index in [0.29, 0.717) is 17.0 Å². The highest BCUT2D eigenvalue weighted by Crippen LogP contribution is 2.31. The highest BCUT2D eigenvalue weighted by atomic mass is 32.1. The second-order valence-corrected chi connectivity index (χ2v) is 7.65. The van der Waals surface area contributed by atoms with Crippen LogP contribution in [-0.2, 0) is 11.2 Å². The molecule has 3 aromatic rings. The molecule has 0 atom stereocenters. The van der Waals surface area contributed by atoms with Gasteiger partial charge in [-0.15, -0.1) is 11.3 Å². The summed E-state index contributed by atoms with van der Waals surface area (Å²) in [7, 11) is 1.28. The third-order valence-electron chi connectivity index (χ3n) is 4.04. The molecule has 0 fully saturated rings. The highest BCUT2D eigenvalue weighted by Gasteiger charge is 2.20. The standard InChI is InChI=1S/C20H16FN3O4S2/c1-28-19(25)15-11-14(9-12-5-3-2-4-6-12)30-18(15)23-20(29)22-16-8-7-13(21)10-17(16)24(26)27/h2-8,10-11H,9H2,1H3,(H2,22,23,29). The zero-order chi connectivity index (χ0) is 21.7. The number of carbonyl (C=O) groups excluding carboxylic acids is 1. The number of nitro groups is 1. The third-order valence-corrected chi connectivity index (χ3v) is 5.30. The Balaban J connectivity index is 1.82. The van der Waals surface area contributed by atoms with E-state index in [4.69, 9.17) is 17.0 Å². The average Bonchev–Trinajstić information content (AvgIpc) is 3.11. The van der Waals surface area contributed by atoms with Gasteiger partial charge in [-0.1, -0.05) is 30.3 Å². The van der Waals surface area contributed by atoms with Crippen LogP contribution in [0.2, 0.25) is 0 Å². The number of carbonyl (C=O) groups is 1. The summed E-state index contributed by atoms with van der Waals surface area (Å²) in [5.74, 6) is -1.27. The minimum absolute atomic E-state index is 0.0166. The number of nitrogens with one attached hydrogen (secondary N) is 2. The first-order valence-electron chi connectivity index (χ1n) is 8.64. The maximum atomic E-state index is 13.3. The van der Waals surface area contributed by atoms with Crippen molar-refractivity contribution in [3.05, 3.63) is 86.5 Å². The zero-order valence-corrected chi connectivity index (χ0v) is 17.3. The molecule has 0 aliphatic heterocycles. The van der Waals surface area contributed by atoms with Gasteiger partial charge in [-0.05, 0) is 36.0 Å². The molecule has 2 aromatic carbocycles. The lowest BCUT2D eigenvalue weighted by molar-refractivity contribution is -0.384. The summed E-state index contributed by atoms with van der Waals surface area (Å²) in [6.07, 6.45) is 0.612. The maximum absolute atomic E-state index is 13.3. The lowest BCUT2D eigenvalue weighted by Crippen LogP contribution is -2.20. The number of rotatable bonds is 6. The average molecular weight is 445 g/mol. The van der Waals surface area contributed by atoms with Gasteiger partial charge >= 0.3 is 5.97 Å². The van der Waals surface area contributed by atoms with E-state index in [0.717, 1.165) is 22.6 Å². The molecule has 0 aliphatic carbocycles. The summed E-state index contributed by atoms with van der Waals surface area (Å²) < 4.78 is 18.2. The second-order valence-electron chi connectivity index (χ2n) is 6.11. The molecule has 0 bridgehead atoms. The molecule has 1 heterocycles. The summed E-state index contributed by atoms with van der Waals surface area (Å²) in [5, 5.41) is 17.2. The molecule has 0 saturated carbocycles. The SMILES string of the molecule is COC(=O)c1cc(Cc2ccccc2)sc1NC(=S)Nc1ccc(F)cc1[N+](=O)[O-]. The third kappa shape index (κ3) is 5.16. The van der Waals surface area contributed by atoms with E-state index in [1.807, 2.05) is 30.3 Å². The predicted octanol–water partition coefficient (Wildman–Crippen LogP) is 4.98. The van der Waals surface area contributed by atoms with E-state index in [9.17, 15) is 19.3 Å². The van der Waals surface area contributed by atoms with Gasteiger partial charge in [0.05, 0.1) is 23.7 Å². The molecule has 0 aliphatic rings. The van der Waals surface area contributed by atoms with Gasteiger partial charge in [0.1, 0.15) is 16.5 Å². The number of hydrogen-bond donors (Lipinski definition) is 2. The number of thiocarbonyl (C=S) groups is 1. The number of ether oxygens (including phenoxy) is 1. The summed E-state index contributed by atoms with van der Waals surface area (Å²) in [4.78, 5) is 23.5. The van der Waals surface area contributed by atoms with Crippen molar-refractivity contribution in [2.75, 3.05) is 17.7 Å². The molecule has 7 nitrogen and oxygen atoms in total. The topological polar surface area (TPSA) is 93.5 Å². The van der Waals surface area contributed by atoms with Crippen molar-refractivity contribution in [3.63, 3.8) is 0 Å². The van der Waals surface area contributed by atoms with Crippen molar-refractivity contribution >= 4 is 51.0 Å².